The van der Waals surface area contributed by atoms with Gasteiger partial charge in [0.15, 0.2) is 17.3 Å². The van der Waals surface area contributed by atoms with E-state index >= 15 is 0 Å². The summed E-state index contributed by atoms with van der Waals surface area (Å²) in [7, 11) is 0. The summed E-state index contributed by atoms with van der Waals surface area (Å²) in [6.45, 7) is 1.53. The number of nitrogens with one attached hydrogen (secondary N) is 3. The molecule has 2 aromatic heterocycles. The predicted molar refractivity (Wildman–Crippen MR) is 172 cm³/mol. The number of amides is 3. The summed E-state index contributed by atoms with van der Waals surface area (Å²) in [5.41, 5.74) is 2.29. The van der Waals surface area contributed by atoms with Crippen molar-refractivity contribution in [1.29, 1.82) is 0 Å². The molecule has 1 aliphatic rings. The van der Waals surface area contributed by atoms with Gasteiger partial charge in [0, 0.05) is 17.6 Å². The highest BCUT2D eigenvalue weighted by Crippen LogP contribution is 2.35. The maximum atomic E-state index is 13.8. The third-order valence-corrected chi connectivity index (χ3v) is 8.57. The minimum Gasteiger partial charge on any atom is -0.478 e. The minimum absolute atomic E-state index is 0.0895. The number of carboxylic acids is 1. The van der Waals surface area contributed by atoms with E-state index in [0.29, 0.717) is 23.4 Å². The molecule has 1 atom stereocenters. The van der Waals surface area contributed by atoms with Gasteiger partial charge >= 0.3 is 5.97 Å². The Kier molecular flexibility index (Phi) is 8.82. The zero-order valence-corrected chi connectivity index (χ0v) is 26.4. The number of rotatable bonds is 8. The first-order valence-electron chi connectivity index (χ1n) is 14.4. The molecule has 15 heteroatoms. The number of anilines is 1. The third kappa shape index (κ3) is 6.29. The molecule has 3 amide bonds. The van der Waals surface area contributed by atoms with E-state index in [4.69, 9.17) is 23.2 Å². The van der Waals surface area contributed by atoms with E-state index in [1.165, 1.54) is 42.6 Å². The van der Waals surface area contributed by atoms with Crippen molar-refractivity contribution in [2.45, 2.75) is 32.4 Å². The zero-order chi connectivity index (χ0) is 34.3. The molecule has 0 unspecified atom stereocenters. The monoisotopic (exact) mass is 692 g/mol. The Bertz CT molecular complexity index is 2170. The molecular weight excluding hydrogens is 669 g/mol. The third-order valence-electron chi connectivity index (χ3n) is 8.03. The molecule has 0 saturated carbocycles. The van der Waals surface area contributed by atoms with Gasteiger partial charge < -0.3 is 21.1 Å². The summed E-state index contributed by atoms with van der Waals surface area (Å²) in [5, 5.41) is 22.4. The number of halogens is 4. The van der Waals surface area contributed by atoms with Gasteiger partial charge in [-0.3, -0.25) is 14.4 Å². The molecule has 6 rings (SSSR count). The fourth-order valence-corrected chi connectivity index (χ4v) is 6.05. The number of fused-ring (bicyclic) bond motifs is 2. The normalized spacial score (nSPS) is 13.6. The van der Waals surface area contributed by atoms with Crippen LogP contribution in [0.15, 0.2) is 60.8 Å². The lowest BCUT2D eigenvalue weighted by atomic mass is 9.98. The molecule has 4 N–H and O–H groups in total. The topological polar surface area (TPSA) is 155 Å². The van der Waals surface area contributed by atoms with Gasteiger partial charge in [-0.15, -0.1) is 0 Å². The zero-order valence-electron chi connectivity index (χ0n) is 24.9. The molecule has 0 spiro atoms. The summed E-state index contributed by atoms with van der Waals surface area (Å²) in [6.07, 6.45) is 2.22. The summed E-state index contributed by atoms with van der Waals surface area (Å²) in [6, 6.07) is 11.5. The molecular formula is C33H24Cl2F2N6O5. The highest BCUT2D eigenvalue weighted by atomic mass is 35.5. The predicted octanol–water partition coefficient (Wildman–Crippen LogP) is 5.92. The number of carboxylic acid groups (broad SMARTS) is 1. The fourth-order valence-electron chi connectivity index (χ4n) is 5.60. The first kappa shape index (κ1) is 32.5. The van der Waals surface area contributed by atoms with Gasteiger partial charge in [0.25, 0.3) is 17.7 Å². The number of benzene rings is 3. The van der Waals surface area contributed by atoms with E-state index in [1.807, 2.05) is 0 Å². The maximum Gasteiger partial charge on any atom is 0.335 e. The molecule has 1 aliphatic carbocycles. The first-order chi connectivity index (χ1) is 22.9. The largest absolute Gasteiger partial charge is 0.478 e. The van der Waals surface area contributed by atoms with Crippen LogP contribution in [0.3, 0.4) is 0 Å². The average molecular weight is 693 g/mol. The van der Waals surface area contributed by atoms with Crippen molar-refractivity contribution in [3.8, 4) is 0 Å². The van der Waals surface area contributed by atoms with E-state index in [1.54, 1.807) is 13.0 Å². The van der Waals surface area contributed by atoms with Gasteiger partial charge in [-0.05, 0) is 78.4 Å². The molecule has 11 nitrogen and oxygen atoms in total. The second kappa shape index (κ2) is 13.0. The van der Waals surface area contributed by atoms with Crippen LogP contribution in [-0.4, -0.2) is 43.4 Å². The van der Waals surface area contributed by atoms with Crippen molar-refractivity contribution >= 4 is 58.2 Å². The molecule has 5 aromatic rings. The highest BCUT2D eigenvalue weighted by Gasteiger charge is 2.30. The van der Waals surface area contributed by atoms with Crippen LogP contribution >= 0.6 is 23.2 Å². The molecule has 2 heterocycles. The Balaban J connectivity index is 1.34. The van der Waals surface area contributed by atoms with Crippen molar-refractivity contribution in [3.63, 3.8) is 0 Å². The Hall–Kier alpha value is -5.40. The number of aromatic carboxylic acids is 1. The average Bonchev–Trinajstić information content (AvgIpc) is 3.67. The Labute approximate surface area is 280 Å². The van der Waals surface area contributed by atoms with E-state index in [0.717, 1.165) is 27.8 Å². The summed E-state index contributed by atoms with van der Waals surface area (Å²) >= 11 is 12.2. The Morgan fingerprint density at radius 1 is 0.958 bits per heavy atom. The van der Waals surface area contributed by atoms with E-state index < -0.39 is 41.4 Å². The second-order valence-electron chi connectivity index (χ2n) is 11.0. The maximum absolute atomic E-state index is 13.8. The molecule has 0 bridgehead atoms. The van der Waals surface area contributed by atoms with Gasteiger partial charge in [-0.2, -0.15) is 5.10 Å². The van der Waals surface area contributed by atoms with Gasteiger partial charge in [-0.1, -0.05) is 35.3 Å². The molecule has 0 fully saturated rings. The smallest absolute Gasteiger partial charge is 0.335 e. The Morgan fingerprint density at radius 2 is 1.75 bits per heavy atom. The first-order valence-corrected chi connectivity index (χ1v) is 15.2. The van der Waals surface area contributed by atoms with Crippen LogP contribution < -0.4 is 16.0 Å². The van der Waals surface area contributed by atoms with Crippen molar-refractivity contribution in [2.24, 2.45) is 0 Å². The fraction of sp³-hybridized carbons (Fsp3) is 0.152. The lowest BCUT2D eigenvalue weighted by Crippen LogP contribution is -2.31. The van der Waals surface area contributed by atoms with E-state index in [2.05, 4.69) is 26.0 Å². The van der Waals surface area contributed by atoms with Crippen LogP contribution in [-0.2, 0) is 13.0 Å². The molecule has 0 radical (unpaired) electrons. The molecule has 0 saturated heterocycles. The number of aromatic nitrogens is 3. The number of hydrogen-bond acceptors (Lipinski definition) is 6. The summed E-state index contributed by atoms with van der Waals surface area (Å²) in [5.74, 6) is -5.28. The molecule has 244 valence electrons. The molecule has 3 aromatic carbocycles. The summed E-state index contributed by atoms with van der Waals surface area (Å²) < 4.78 is 28.2. The molecule has 48 heavy (non-hydrogen) atoms. The van der Waals surface area contributed by atoms with Crippen LogP contribution in [0.1, 0.15) is 76.4 Å². The van der Waals surface area contributed by atoms with Crippen LogP contribution in [0.2, 0.25) is 10.0 Å². The number of carbonyl (C=O) groups is 4. The second-order valence-corrected chi connectivity index (χ2v) is 11.8. The summed E-state index contributed by atoms with van der Waals surface area (Å²) in [4.78, 5) is 56.5. The molecule has 0 aliphatic heterocycles. The lowest BCUT2D eigenvalue weighted by molar-refractivity contribution is 0.0695. The van der Waals surface area contributed by atoms with Crippen LogP contribution in [0.5, 0.6) is 0 Å². The lowest BCUT2D eigenvalue weighted by Gasteiger charge is -2.16. The number of carbonyl (C=O) groups excluding carboxylic acids is 3. The number of hydrogen-bond donors (Lipinski definition) is 4. The van der Waals surface area contributed by atoms with Crippen LogP contribution in [0.25, 0.3) is 5.65 Å². The highest BCUT2D eigenvalue weighted by molar-refractivity contribution is 6.36. The minimum atomic E-state index is -1.08. The van der Waals surface area contributed by atoms with Crippen molar-refractivity contribution < 1.29 is 33.1 Å². The number of nitrogens with zero attached hydrogens (tertiary/aromatic N) is 3. The van der Waals surface area contributed by atoms with E-state index in [9.17, 15) is 33.1 Å². The van der Waals surface area contributed by atoms with E-state index in [-0.39, 0.29) is 51.0 Å². The SMILES string of the molecule is Cc1c(C(=O)O)ccc2c1CC[C@@H]2NC(=O)c1cc(C(=O)NCc2ccc(F)c(F)c2)nc2c(C(=O)Nc3ccc(Cl)cc3Cl)cnn12. The standard InChI is InChI=1S/C33H24Cl2F2N6O5/c1-15-18-6-9-25(20(18)5-4-19(15)33(47)48)41-32(46)28-12-27(31(45)38-13-16-2-7-23(36)24(37)10-16)40-29-21(14-39-43(28)29)30(44)42-26-8-3-17(34)11-22(26)35/h2-5,7-8,10-12,14,25H,6,9,13H2,1H3,(H,38,45)(H,41,46)(H,42,44)(H,47,48)/t25-/m0/s1. The van der Waals surface area contributed by atoms with Gasteiger partial charge in [0.1, 0.15) is 17.0 Å². The van der Waals surface area contributed by atoms with Crippen molar-refractivity contribution in [2.75, 3.05) is 5.32 Å². The van der Waals surface area contributed by atoms with Gasteiger partial charge in [0.05, 0.1) is 28.5 Å². The van der Waals surface area contributed by atoms with Crippen molar-refractivity contribution in [3.05, 3.63) is 127 Å². The quantitative estimate of drug-likeness (QED) is 0.157. The van der Waals surface area contributed by atoms with Crippen molar-refractivity contribution in [1.82, 2.24) is 25.2 Å². The Morgan fingerprint density at radius 3 is 2.48 bits per heavy atom. The van der Waals surface area contributed by atoms with Crippen LogP contribution in [0.4, 0.5) is 14.5 Å². The van der Waals surface area contributed by atoms with Gasteiger partial charge in [-0.25, -0.2) is 23.1 Å². The van der Waals surface area contributed by atoms with Gasteiger partial charge in [0.2, 0.25) is 0 Å². The van der Waals surface area contributed by atoms with Crippen LogP contribution in [0, 0.1) is 18.6 Å².